The molecule has 0 unspecified atom stereocenters. The van der Waals surface area contributed by atoms with Gasteiger partial charge in [-0.3, -0.25) is 9.69 Å². The summed E-state index contributed by atoms with van der Waals surface area (Å²) in [5.41, 5.74) is 3.51. The monoisotopic (exact) mass is 641 g/mol. The Balaban J connectivity index is 1.21. The second-order valence-electron chi connectivity index (χ2n) is 9.95. The van der Waals surface area contributed by atoms with Crippen LogP contribution in [0.3, 0.4) is 0 Å². The zero-order valence-electron chi connectivity index (χ0n) is 24.1. The summed E-state index contributed by atoms with van der Waals surface area (Å²) in [5.74, 6) is -0.916. The predicted octanol–water partition coefficient (Wildman–Crippen LogP) is 6.85. The summed E-state index contributed by atoms with van der Waals surface area (Å²) in [5, 5.41) is 9.82. The minimum atomic E-state index is -4.79. The van der Waals surface area contributed by atoms with Gasteiger partial charge in [-0.25, -0.2) is 18.9 Å². The smallest absolute Gasteiger partial charge is 0.406 e. The molecule has 0 saturated carbocycles. The van der Waals surface area contributed by atoms with Gasteiger partial charge in [0.05, 0.1) is 22.8 Å². The fourth-order valence-electron chi connectivity index (χ4n) is 4.49. The highest BCUT2D eigenvalue weighted by Gasteiger charge is 2.32. The van der Waals surface area contributed by atoms with Gasteiger partial charge in [0.25, 0.3) is 0 Å². The number of halogens is 4. The maximum Gasteiger partial charge on any atom is 0.573 e. The van der Waals surface area contributed by atoms with E-state index in [2.05, 4.69) is 30.4 Å². The van der Waals surface area contributed by atoms with Gasteiger partial charge in [-0.05, 0) is 72.5 Å². The van der Waals surface area contributed by atoms with Crippen LogP contribution in [0, 0.1) is 12.7 Å². The molecule has 0 spiro atoms. The Morgan fingerprint density at radius 2 is 1.89 bits per heavy atom. The zero-order chi connectivity index (χ0) is 32.1. The molecule has 3 amide bonds. The van der Waals surface area contributed by atoms with E-state index in [0.717, 1.165) is 47.9 Å². The molecule has 4 aromatic rings. The lowest BCUT2D eigenvalue weighted by molar-refractivity contribution is -0.274. The van der Waals surface area contributed by atoms with Gasteiger partial charge in [-0.2, -0.15) is 4.99 Å². The Morgan fingerprint density at radius 3 is 2.60 bits per heavy atom. The van der Waals surface area contributed by atoms with Crippen molar-refractivity contribution in [2.45, 2.75) is 39.6 Å². The third-order valence-corrected chi connectivity index (χ3v) is 7.44. The average molecular weight is 642 g/mol. The quantitative estimate of drug-likeness (QED) is 0.192. The first kappa shape index (κ1) is 31.5. The highest BCUT2D eigenvalue weighted by atomic mass is 32.2. The van der Waals surface area contributed by atoms with Crippen molar-refractivity contribution in [2.24, 2.45) is 4.99 Å². The maximum absolute atomic E-state index is 14.9. The molecule has 1 fully saturated rings. The van der Waals surface area contributed by atoms with Gasteiger partial charge >= 0.3 is 12.4 Å². The number of aromatic nitrogens is 3. The summed E-state index contributed by atoms with van der Waals surface area (Å²) in [6.07, 6.45) is -1.79. The fourth-order valence-corrected chi connectivity index (χ4v) is 5.35. The highest BCUT2D eigenvalue weighted by Crippen LogP contribution is 2.32. The molecule has 5 rings (SSSR count). The molecule has 1 aliphatic heterocycles. The molecule has 1 aliphatic rings. The molecule has 2 N–H and O–H groups in total. The lowest BCUT2D eigenvalue weighted by atomic mass is 10.0. The number of hydrogen-bond acceptors (Lipinski definition) is 7. The van der Waals surface area contributed by atoms with Gasteiger partial charge in [0.2, 0.25) is 11.9 Å². The van der Waals surface area contributed by atoms with Gasteiger partial charge < -0.3 is 15.4 Å². The maximum atomic E-state index is 14.9. The van der Waals surface area contributed by atoms with Crippen LogP contribution in [0.25, 0.3) is 5.69 Å². The number of aryl methyl sites for hydroxylation is 2. The number of anilines is 3. The summed E-state index contributed by atoms with van der Waals surface area (Å²) in [6.45, 7) is 4.10. The number of aliphatic imine (C=N–C) groups is 1. The van der Waals surface area contributed by atoms with Gasteiger partial charge in [-0.15, -0.1) is 18.3 Å². The second-order valence-corrected chi connectivity index (χ2v) is 10.9. The molecule has 3 aromatic carbocycles. The first-order valence-electron chi connectivity index (χ1n) is 13.7. The molecule has 15 heteroatoms. The lowest BCUT2D eigenvalue weighted by Gasteiger charge is -2.20. The van der Waals surface area contributed by atoms with E-state index in [1.165, 1.54) is 40.2 Å². The van der Waals surface area contributed by atoms with Gasteiger partial charge in [0, 0.05) is 6.54 Å². The number of urea groups is 1. The van der Waals surface area contributed by atoms with E-state index >= 15 is 0 Å². The Bertz CT molecular complexity index is 1740. The second kappa shape index (κ2) is 13.4. The number of nitrogens with one attached hydrogen (secondary N) is 2. The van der Waals surface area contributed by atoms with Crippen molar-refractivity contribution in [3.63, 3.8) is 0 Å². The number of rotatable bonds is 9. The number of amidine groups is 1. The van der Waals surface area contributed by atoms with Crippen molar-refractivity contribution in [1.82, 2.24) is 14.8 Å². The number of carbonyl (C=O) groups is 2. The normalized spacial score (nSPS) is 14.2. The zero-order valence-corrected chi connectivity index (χ0v) is 24.9. The fraction of sp³-hybridized carbons (Fsp3) is 0.233. The van der Waals surface area contributed by atoms with E-state index in [0.29, 0.717) is 16.9 Å². The predicted molar refractivity (Wildman–Crippen MR) is 163 cm³/mol. The molecule has 2 heterocycles. The van der Waals surface area contributed by atoms with E-state index in [4.69, 9.17) is 0 Å². The van der Waals surface area contributed by atoms with Gasteiger partial charge in [0.15, 0.2) is 5.17 Å². The first-order chi connectivity index (χ1) is 21.5. The molecule has 0 bridgehead atoms. The van der Waals surface area contributed by atoms with Crippen LogP contribution in [0.15, 0.2) is 72.0 Å². The molecular weight excluding hydrogens is 614 g/mol. The number of ether oxygens (including phenoxy) is 1. The third kappa shape index (κ3) is 7.98. The van der Waals surface area contributed by atoms with Crippen LogP contribution in [0.2, 0.25) is 0 Å². The minimum Gasteiger partial charge on any atom is -0.406 e. The van der Waals surface area contributed by atoms with Crippen LogP contribution in [0.4, 0.5) is 39.7 Å². The molecule has 0 atom stereocenters. The van der Waals surface area contributed by atoms with E-state index in [-0.39, 0.29) is 40.8 Å². The highest BCUT2D eigenvalue weighted by molar-refractivity contribution is 8.15. The molecule has 0 radical (unpaired) electrons. The van der Waals surface area contributed by atoms with Crippen molar-refractivity contribution < 1.29 is 31.9 Å². The van der Waals surface area contributed by atoms with E-state index in [1.54, 1.807) is 6.07 Å². The Hall–Kier alpha value is -4.92. The number of hydrogen-bond donors (Lipinski definition) is 2. The topological polar surface area (TPSA) is 114 Å². The molecule has 45 heavy (non-hydrogen) atoms. The number of alkyl halides is 3. The Labute approximate surface area is 259 Å². The van der Waals surface area contributed by atoms with Crippen LogP contribution in [-0.2, 0) is 17.8 Å². The van der Waals surface area contributed by atoms with E-state index in [1.807, 2.05) is 32.0 Å². The average Bonchev–Trinajstić information content (AvgIpc) is 3.60. The van der Waals surface area contributed by atoms with Gasteiger partial charge in [-0.1, -0.05) is 43.3 Å². The molecular formula is C30H27F4N7O3S. The molecule has 1 aromatic heterocycles. The standard InChI is InChI=1S/C30H27F4N7O3S/c1-3-4-20-7-5-18(2)13-25(20)41-26(42)16-45-29(41)38-28(43)37-24-12-6-19(14-23(24)31)15-35-27-36-17-40(39-27)21-8-10-22(11-9-21)44-30(32,33)34/h5-14,17H,3-4,15-16H2,1-2H3,(H,35,39)(H,37,43). The molecule has 10 nitrogen and oxygen atoms in total. The van der Waals surface area contributed by atoms with E-state index in [9.17, 15) is 27.2 Å². The van der Waals surface area contributed by atoms with Crippen LogP contribution < -0.4 is 20.3 Å². The Morgan fingerprint density at radius 1 is 1.11 bits per heavy atom. The van der Waals surface area contributed by atoms with Gasteiger partial charge in [0.1, 0.15) is 17.9 Å². The van der Waals surface area contributed by atoms with Crippen molar-refractivity contribution in [3.05, 3.63) is 89.5 Å². The number of thioether (sulfide) groups is 1. The lowest BCUT2D eigenvalue weighted by Crippen LogP contribution is -2.31. The molecule has 0 aliphatic carbocycles. The van der Waals surface area contributed by atoms with Crippen LogP contribution in [0.1, 0.15) is 30.0 Å². The van der Waals surface area contributed by atoms with Crippen molar-refractivity contribution >= 4 is 46.2 Å². The first-order valence-corrected chi connectivity index (χ1v) is 14.7. The van der Waals surface area contributed by atoms with Crippen LogP contribution in [0.5, 0.6) is 5.75 Å². The summed E-state index contributed by atoms with van der Waals surface area (Å²) >= 11 is 1.14. The SMILES string of the molecule is CCCc1ccc(C)cc1N1C(=O)CSC1=NC(=O)Nc1ccc(CNc2ncn(-c3ccc(OC(F)(F)F)cc3)n2)cc1F. The largest absolute Gasteiger partial charge is 0.573 e. The number of benzene rings is 3. The van der Waals surface area contributed by atoms with Crippen molar-refractivity contribution in [2.75, 3.05) is 21.3 Å². The molecule has 1 saturated heterocycles. The number of nitrogens with zero attached hydrogens (tertiary/aromatic N) is 5. The molecule has 234 valence electrons. The summed E-state index contributed by atoms with van der Waals surface area (Å²) in [7, 11) is 0. The summed E-state index contributed by atoms with van der Waals surface area (Å²) in [6, 6.07) is 14.3. The van der Waals surface area contributed by atoms with Crippen molar-refractivity contribution in [3.8, 4) is 11.4 Å². The van der Waals surface area contributed by atoms with Crippen LogP contribution >= 0.6 is 11.8 Å². The summed E-state index contributed by atoms with van der Waals surface area (Å²) < 4.78 is 57.2. The van der Waals surface area contributed by atoms with E-state index < -0.39 is 18.2 Å². The minimum absolute atomic E-state index is 0.0865. The third-order valence-electron chi connectivity index (χ3n) is 6.52. The number of carbonyl (C=O) groups excluding carboxylic acids is 2. The Kier molecular flexibility index (Phi) is 9.37. The summed E-state index contributed by atoms with van der Waals surface area (Å²) in [4.78, 5) is 35.2. The van der Waals surface area contributed by atoms with Crippen molar-refractivity contribution in [1.29, 1.82) is 0 Å². The number of amides is 3. The van der Waals surface area contributed by atoms with Crippen LogP contribution in [-0.4, -0.2) is 44.0 Å².